The van der Waals surface area contributed by atoms with Crippen LogP contribution in [0.2, 0.25) is 0 Å². The average molecular weight is 325 g/mol. The first-order chi connectivity index (χ1) is 11.6. The highest BCUT2D eigenvalue weighted by atomic mass is 16.5. The molecule has 4 heteroatoms. The lowest BCUT2D eigenvalue weighted by atomic mass is 10.1. The van der Waals surface area contributed by atoms with E-state index >= 15 is 0 Å². The summed E-state index contributed by atoms with van der Waals surface area (Å²) in [6.07, 6.45) is 4.12. The summed E-state index contributed by atoms with van der Waals surface area (Å²) >= 11 is 0. The van der Waals surface area contributed by atoms with Gasteiger partial charge in [-0.1, -0.05) is 25.1 Å². The monoisotopic (exact) mass is 325 g/mol. The fourth-order valence-corrected chi connectivity index (χ4v) is 2.46. The van der Waals surface area contributed by atoms with E-state index in [1.165, 1.54) is 6.08 Å². The molecule has 1 amide bonds. The number of aryl methyl sites for hydroxylation is 2. The molecular formula is C20H23NO3. The maximum atomic E-state index is 12.3. The molecule has 4 nitrogen and oxygen atoms in total. The van der Waals surface area contributed by atoms with Gasteiger partial charge in [0.25, 0.3) is 0 Å². The second kappa shape index (κ2) is 8.20. The normalized spacial score (nSPS) is 10.7. The van der Waals surface area contributed by atoms with E-state index in [1.54, 1.807) is 26.4 Å². The van der Waals surface area contributed by atoms with Gasteiger partial charge in [-0.3, -0.25) is 4.79 Å². The molecule has 2 rings (SSSR count). The fourth-order valence-electron chi connectivity index (χ4n) is 2.46. The number of methoxy groups -OCH3 is 2. The van der Waals surface area contributed by atoms with Crippen molar-refractivity contribution in [1.82, 2.24) is 0 Å². The molecule has 0 fully saturated rings. The highest BCUT2D eigenvalue weighted by Crippen LogP contribution is 2.24. The molecule has 0 radical (unpaired) electrons. The Hall–Kier alpha value is -2.75. The van der Waals surface area contributed by atoms with Crippen molar-refractivity contribution in [2.45, 2.75) is 20.3 Å². The number of rotatable bonds is 6. The lowest BCUT2D eigenvalue weighted by Gasteiger charge is -2.11. The lowest BCUT2D eigenvalue weighted by molar-refractivity contribution is -0.111. The SMILES string of the molecule is CCc1cccc(C)c1NC(=O)/C=C/c1cc(OC)cc(OC)c1. The van der Waals surface area contributed by atoms with Crippen LogP contribution in [-0.4, -0.2) is 20.1 Å². The molecule has 0 spiro atoms. The quantitative estimate of drug-likeness (QED) is 0.809. The van der Waals surface area contributed by atoms with E-state index in [9.17, 15) is 4.79 Å². The number of anilines is 1. The van der Waals surface area contributed by atoms with E-state index < -0.39 is 0 Å². The first kappa shape index (κ1) is 17.6. The Bertz CT molecular complexity index is 728. The number of hydrogen-bond acceptors (Lipinski definition) is 3. The summed E-state index contributed by atoms with van der Waals surface area (Å²) in [6.45, 7) is 4.06. The Kier molecular flexibility index (Phi) is 6.01. The van der Waals surface area contributed by atoms with Crippen molar-refractivity contribution in [2.24, 2.45) is 0 Å². The maximum Gasteiger partial charge on any atom is 0.248 e. The van der Waals surface area contributed by atoms with Crippen LogP contribution in [-0.2, 0) is 11.2 Å². The van der Waals surface area contributed by atoms with E-state index in [-0.39, 0.29) is 5.91 Å². The van der Waals surface area contributed by atoms with Crippen LogP contribution in [0.4, 0.5) is 5.69 Å². The number of amides is 1. The highest BCUT2D eigenvalue weighted by molar-refractivity contribution is 6.02. The van der Waals surface area contributed by atoms with Crippen LogP contribution in [0.15, 0.2) is 42.5 Å². The fraction of sp³-hybridized carbons (Fsp3) is 0.250. The Morgan fingerprint density at radius 3 is 2.38 bits per heavy atom. The van der Waals surface area contributed by atoms with E-state index in [2.05, 4.69) is 12.2 Å². The van der Waals surface area contributed by atoms with Crippen molar-refractivity contribution in [1.29, 1.82) is 0 Å². The van der Waals surface area contributed by atoms with Crippen LogP contribution in [0.5, 0.6) is 11.5 Å². The second-order valence-electron chi connectivity index (χ2n) is 5.43. The molecule has 0 heterocycles. The minimum Gasteiger partial charge on any atom is -0.497 e. The molecule has 24 heavy (non-hydrogen) atoms. The predicted molar refractivity (Wildman–Crippen MR) is 97.8 cm³/mol. The molecule has 0 saturated carbocycles. The Balaban J connectivity index is 2.17. The van der Waals surface area contributed by atoms with E-state index in [0.717, 1.165) is 28.8 Å². The van der Waals surface area contributed by atoms with Crippen molar-refractivity contribution < 1.29 is 14.3 Å². The lowest BCUT2D eigenvalue weighted by Crippen LogP contribution is -2.11. The third kappa shape index (κ3) is 4.38. The number of ether oxygens (including phenoxy) is 2. The Morgan fingerprint density at radius 1 is 1.12 bits per heavy atom. The molecule has 2 aromatic carbocycles. The third-order valence-corrected chi connectivity index (χ3v) is 3.79. The van der Waals surface area contributed by atoms with E-state index in [0.29, 0.717) is 11.5 Å². The van der Waals surface area contributed by atoms with Crippen molar-refractivity contribution in [3.05, 3.63) is 59.2 Å². The largest absolute Gasteiger partial charge is 0.497 e. The molecule has 0 aromatic heterocycles. The number of para-hydroxylation sites is 1. The molecule has 2 aromatic rings. The summed E-state index contributed by atoms with van der Waals surface area (Å²) in [5, 5.41) is 2.97. The topological polar surface area (TPSA) is 47.6 Å². The summed E-state index contributed by atoms with van der Waals surface area (Å²) in [4.78, 5) is 12.3. The molecule has 0 saturated heterocycles. The van der Waals surface area contributed by atoms with Crippen molar-refractivity contribution in [3.63, 3.8) is 0 Å². The van der Waals surface area contributed by atoms with Gasteiger partial charge in [0.2, 0.25) is 5.91 Å². The molecule has 0 aliphatic carbocycles. The zero-order valence-corrected chi connectivity index (χ0v) is 14.6. The zero-order valence-electron chi connectivity index (χ0n) is 14.6. The number of nitrogens with one attached hydrogen (secondary N) is 1. The Labute approximate surface area is 143 Å². The zero-order chi connectivity index (χ0) is 17.5. The molecule has 0 unspecified atom stereocenters. The van der Waals surface area contributed by atoms with Gasteiger partial charge in [0.05, 0.1) is 14.2 Å². The molecule has 0 atom stereocenters. The van der Waals surface area contributed by atoms with Gasteiger partial charge in [0, 0.05) is 17.8 Å². The first-order valence-electron chi connectivity index (χ1n) is 7.88. The predicted octanol–water partition coefficient (Wildman–Crippen LogP) is 4.23. The van der Waals surface area contributed by atoms with Gasteiger partial charge in [-0.25, -0.2) is 0 Å². The number of carbonyl (C=O) groups is 1. The second-order valence-corrected chi connectivity index (χ2v) is 5.43. The van der Waals surface area contributed by atoms with Gasteiger partial charge >= 0.3 is 0 Å². The van der Waals surface area contributed by atoms with Gasteiger partial charge in [-0.05, 0) is 48.2 Å². The molecular weight excluding hydrogens is 302 g/mol. The van der Waals surface area contributed by atoms with Crippen LogP contribution in [0.3, 0.4) is 0 Å². The number of benzene rings is 2. The minimum absolute atomic E-state index is 0.166. The average Bonchev–Trinajstić information content (AvgIpc) is 2.61. The highest BCUT2D eigenvalue weighted by Gasteiger charge is 2.06. The van der Waals surface area contributed by atoms with Gasteiger partial charge in [0.15, 0.2) is 0 Å². The van der Waals surface area contributed by atoms with Crippen LogP contribution in [0.25, 0.3) is 6.08 Å². The summed E-state index contributed by atoms with van der Waals surface area (Å²) in [5.74, 6) is 1.20. The van der Waals surface area contributed by atoms with Crippen LogP contribution in [0.1, 0.15) is 23.6 Å². The number of carbonyl (C=O) groups excluding carboxylic acids is 1. The van der Waals surface area contributed by atoms with Crippen LogP contribution >= 0.6 is 0 Å². The summed E-state index contributed by atoms with van der Waals surface area (Å²) in [7, 11) is 3.19. The van der Waals surface area contributed by atoms with E-state index in [1.807, 2.05) is 37.3 Å². The van der Waals surface area contributed by atoms with Crippen LogP contribution < -0.4 is 14.8 Å². The van der Waals surface area contributed by atoms with Crippen molar-refractivity contribution in [3.8, 4) is 11.5 Å². The Morgan fingerprint density at radius 2 is 1.79 bits per heavy atom. The van der Waals surface area contributed by atoms with Gasteiger partial charge in [0.1, 0.15) is 11.5 Å². The number of hydrogen-bond donors (Lipinski definition) is 1. The third-order valence-electron chi connectivity index (χ3n) is 3.79. The molecule has 1 N–H and O–H groups in total. The molecule has 0 aliphatic rings. The van der Waals surface area contributed by atoms with Gasteiger partial charge in [-0.2, -0.15) is 0 Å². The van der Waals surface area contributed by atoms with Crippen molar-refractivity contribution >= 4 is 17.7 Å². The smallest absolute Gasteiger partial charge is 0.248 e. The van der Waals surface area contributed by atoms with Gasteiger partial charge < -0.3 is 14.8 Å². The first-order valence-corrected chi connectivity index (χ1v) is 7.88. The summed E-state index contributed by atoms with van der Waals surface area (Å²) in [6, 6.07) is 11.5. The summed E-state index contributed by atoms with van der Waals surface area (Å²) < 4.78 is 10.5. The maximum absolute atomic E-state index is 12.3. The summed E-state index contributed by atoms with van der Waals surface area (Å²) in [5.41, 5.74) is 3.90. The molecule has 0 bridgehead atoms. The van der Waals surface area contributed by atoms with Crippen molar-refractivity contribution in [2.75, 3.05) is 19.5 Å². The standard InChI is InChI=1S/C20H23NO3/c1-5-16-8-6-7-14(2)20(16)21-19(22)10-9-15-11-17(23-3)13-18(12-15)24-4/h6-13H,5H2,1-4H3,(H,21,22)/b10-9+. The molecule has 0 aliphatic heterocycles. The minimum atomic E-state index is -0.166. The molecule has 126 valence electrons. The van der Waals surface area contributed by atoms with Gasteiger partial charge in [-0.15, -0.1) is 0 Å². The van der Waals surface area contributed by atoms with Crippen LogP contribution in [0, 0.1) is 6.92 Å². The van der Waals surface area contributed by atoms with E-state index in [4.69, 9.17) is 9.47 Å².